The summed E-state index contributed by atoms with van der Waals surface area (Å²) in [4.78, 5) is 16.7. The summed E-state index contributed by atoms with van der Waals surface area (Å²) in [5.41, 5.74) is 2.56. The van der Waals surface area contributed by atoms with E-state index < -0.39 is 11.7 Å². The quantitative estimate of drug-likeness (QED) is 0.463. The standard InChI is InChI=1S/C22H16FN3O3S/c1-28-15-9-10-19-18(12-15)25-21(29-19)13-5-4-6-14(11-13)24-22(30)26-20(27)16-7-2-3-8-17(16)23/h2-12H,1H3,(H2,24,26,27,30). The number of benzene rings is 3. The van der Waals surface area contributed by atoms with E-state index in [-0.39, 0.29) is 10.7 Å². The number of hydrogen-bond acceptors (Lipinski definition) is 5. The lowest BCUT2D eigenvalue weighted by atomic mass is 10.2. The number of rotatable bonds is 4. The van der Waals surface area contributed by atoms with Gasteiger partial charge in [0.15, 0.2) is 10.7 Å². The van der Waals surface area contributed by atoms with E-state index in [1.807, 2.05) is 6.07 Å². The Kier molecular flexibility index (Phi) is 5.40. The first kappa shape index (κ1) is 19.5. The monoisotopic (exact) mass is 421 g/mol. The Hall–Kier alpha value is -3.78. The lowest BCUT2D eigenvalue weighted by Crippen LogP contribution is -2.34. The maximum absolute atomic E-state index is 13.7. The summed E-state index contributed by atoms with van der Waals surface area (Å²) < 4.78 is 24.8. The Morgan fingerprint density at radius 1 is 1.10 bits per heavy atom. The normalized spacial score (nSPS) is 10.6. The summed E-state index contributed by atoms with van der Waals surface area (Å²) in [6.07, 6.45) is 0. The van der Waals surface area contributed by atoms with Crippen LogP contribution in [0.2, 0.25) is 0 Å². The highest BCUT2D eigenvalue weighted by atomic mass is 32.1. The van der Waals surface area contributed by atoms with Gasteiger partial charge in [-0.3, -0.25) is 10.1 Å². The summed E-state index contributed by atoms with van der Waals surface area (Å²) >= 11 is 5.18. The van der Waals surface area contributed by atoms with Crippen molar-refractivity contribution in [3.05, 3.63) is 78.1 Å². The summed E-state index contributed by atoms with van der Waals surface area (Å²) in [5.74, 6) is -0.126. The number of nitrogens with one attached hydrogen (secondary N) is 2. The van der Waals surface area contributed by atoms with Crippen LogP contribution in [0.15, 0.2) is 71.1 Å². The van der Waals surface area contributed by atoms with Gasteiger partial charge in [-0.15, -0.1) is 0 Å². The van der Waals surface area contributed by atoms with E-state index in [0.29, 0.717) is 28.4 Å². The number of oxazole rings is 1. The molecule has 150 valence electrons. The van der Waals surface area contributed by atoms with E-state index in [0.717, 1.165) is 5.56 Å². The third kappa shape index (κ3) is 4.13. The summed E-state index contributed by atoms with van der Waals surface area (Å²) in [6.45, 7) is 0. The second-order valence-electron chi connectivity index (χ2n) is 6.32. The van der Waals surface area contributed by atoms with Crippen LogP contribution in [0.25, 0.3) is 22.6 Å². The number of fused-ring (bicyclic) bond motifs is 1. The molecule has 4 rings (SSSR count). The molecule has 0 bridgehead atoms. The van der Waals surface area contributed by atoms with Crippen LogP contribution in [0.1, 0.15) is 10.4 Å². The predicted molar refractivity (Wildman–Crippen MR) is 116 cm³/mol. The average Bonchev–Trinajstić information content (AvgIpc) is 3.17. The minimum absolute atomic E-state index is 0.0442. The van der Waals surface area contributed by atoms with Crippen molar-refractivity contribution in [1.29, 1.82) is 0 Å². The number of hydrogen-bond donors (Lipinski definition) is 2. The Labute approximate surface area is 176 Å². The van der Waals surface area contributed by atoms with Gasteiger partial charge >= 0.3 is 0 Å². The Balaban J connectivity index is 1.50. The van der Waals surface area contributed by atoms with Crippen LogP contribution in [-0.2, 0) is 0 Å². The van der Waals surface area contributed by atoms with E-state index in [4.69, 9.17) is 21.4 Å². The number of ether oxygens (including phenoxy) is 1. The molecule has 3 aromatic carbocycles. The highest BCUT2D eigenvalue weighted by Gasteiger charge is 2.13. The molecule has 0 saturated carbocycles. The van der Waals surface area contributed by atoms with Crippen LogP contribution in [0.3, 0.4) is 0 Å². The van der Waals surface area contributed by atoms with Crippen molar-refractivity contribution in [2.45, 2.75) is 0 Å². The zero-order chi connectivity index (χ0) is 21.1. The summed E-state index contributed by atoms with van der Waals surface area (Å²) in [7, 11) is 1.59. The molecule has 0 atom stereocenters. The van der Waals surface area contributed by atoms with Crippen LogP contribution < -0.4 is 15.4 Å². The van der Waals surface area contributed by atoms with E-state index in [2.05, 4.69) is 15.6 Å². The molecule has 1 amide bonds. The van der Waals surface area contributed by atoms with Crippen LogP contribution >= 0.6 is 12.2 Å². The van der Waals surface area contributed by atoms with Gasteiger partial charge in [-0.25, -0.2) is 9.37 Å². The second kappa shape index (κ2) is 8.30. The molecular weight excluding hydrogens is 405 g/mol. The molecule has 0 fully saturated rings. The maximum Gasteiger partial charge on any atom is 0.260 e. The number of aromatic nitrogens is 1. The van der Waals surface area contributed by atoms with E-state index >= 15 is 0 Å². The molecule has 0 unspecified atom stereocenters. The number of thiocarbonyl (C=S) groups is 1. The predicted octanol–water partition coefficient (Wildman–Crippen LogP) is 4.77. The van der Waals surface area contributed by atoms with Gasteiger partial charge < -0.3 is 14.5 Å². The molecule has 0 aliphatic carbocycles. The fourth-order valence-electron chi connectivity index (χ4n) is 2.87. The van der Waals surface area contributed by atoms with E-state index in [1.54, 1.807) is 49.6 Å². The van der Waals surface area contributed by atoms with Crippen molar-refractivity contribution in [2.75, 3.05) is 12.4 Å². The lowest BCUT2D eigenvalue weighted by molar-refractivity contribution is 0.0974. The second-order valence-corrected chi connectivity index (χ2v) is 6.73. The van der Waals surface area contributed by atoms with Crippen LogP contribution in [0.4, 0.5) is 10.1 Å². The summed E-state index contributed by atoms with van der Waals surface area (Å²) in [5, 5.41) is 5.42. The van der Waals surface area contributed by atoms with Gasteiger partial charge in [0.1, 0.15) is 17.1 Å². The summed E-state index contributed by atoms with van der Waals surface area (Å²) in [6, 6.07) is 18.3. The van der Waals surface area contributed by atoms with Crippen molar-refractivity contribution in [1.82, 2.24) is 10.3 Å². The van der Waals surface area contributed by atoms with Crippen molar-refractivity contribution in [3.63, 3.8) is 0 Å². The minimum atomic E-state index is -0.630. The Morgan fingerprint density at radius 3 is 2.73 bits per heavy atom. The molecule has 0 aliphatic heterocycles. The van der Waals surface area contributed by atoms with Gasteiger partial charge in [0, 0.05) is 17.3 Å². The molecule has 1 heterocycles. The first-order chi connectivity index (χ1) is 14.5. The van der Waals surface area contributed by atoms with Crippen molar-refractivity contribution < 1.29 is 18.3 Å². The fourth-order valence-corrected chi connectivity index (χ4v) is 3.08. The molecule has 1 aromatic heterocycles. The van der Waals surface area contributed by atoms with Crippen molar-refractivity contribution in [3.8, 4) is 17.2 Å². The van der Waals surface area contributed by atoms with Crippen LogP contribution in [0, 0.1) is 5.82 Å². The van der Waals surface area contributed by atoms with Gasteiger partial charge in [0.05, 0.1) is 12.7 Å². The lowest BCUT2D eigenvalue weighted by Gasteiger charge is -2.10. The number of halogens is 1. The molecule has 6 nitrogen and oxygen atoms in total. The molecule has 2 N–H and O–H groups in total. The van der Waals surface area contributed by atoms with Crippen molar-refractivity contribution >= 4 is 40.0 Å². The minimum Gasteiger partial charge on any atom is -0.497 e. The van der Waals surface area contributed by atoms with E-state index in [1.165, 1.54) is 18.2 Å². The maximum atomic E-state index is 13.7. The molecular formula is C22H16FN3O3S. The third-order valence-electron chi connectivity index (χ3n) is 4.31. The molecule has 0 saturated heterocycles. The smallest absolute Gasteiger partial charge is 0.260 e. The topological polar surface area (TPSA) is 76.4 Å². The highest BCUT2D eigenvalue weighted by molar-refractivity contribution is 7.80. The zero-order valence-corrected chi connectivity index (χ0v) is 16.6. The molecule has 0 aliphatic rings. The number of nitrogens with zero attached hydrogens (tertiary/aromatic N) is 1. The highest BCUT2D eigenvalue weighted by Crippen LogP contribution is 2.28. The number of amides is 1. The van der Waals surface area contributed by atoms with Gasteiger partial charge in [0.2, 0.25) is 5.89 Å². The number of anilines is 1. The SMILES string of the molecule is COc1ccc2oc(-c3cccc(NC(=S)NC(=O)c4ccccc4F)c3)nc2c1. The van der Waals surface area contributed by atoms with Crippen LogP contribution in [0.5, 0.6) is 5.75 Å². The van der Waals surface area contributed by atoms with E-state index in [9.17, 15) is 9.18 Å². The van der Waals surface area contributed by atoms with Gasteiger partial charge in [-0.1, -0.05) is 18.2 Å². The van der Waals surface area contributed by atoms with Crippen LogP contribution in [-0.4, -0.2) is 23.1 Å². The van der Waals surface area contributed by atoms with Gasteiger partial charge in [-0.05, 0) is 54.7 Å². The average molecular weight is 421 g/mol. The molecule has 4 aromatic rings. The molecule has 8 heteroatoms. The Bertz CT molecular complexity index is 1260. The van der Waals surface area contributed by atoms with Crippen molar-refractivity contribution in [2.24, 2.45) is 0 Å². The van der Waals surface area contributed by atoms with Gasteiger partial charge in [0.25, 0.3) is 5.91 Å². The third-order valence-corrected chi connectivity index (χ3v) is 4.51. The number of carbonyl (C=O) groups excluding carboxylic acids is 1. The molecule has 0 radical (unpaired) electrons. The largest absolute Gasteiger partial charge is 0.497 e. The first-order valence-corrected chi connectivity index (χ1v) is 9.36. The van der Waals surface area contributed by atoms with Gasteiger partial charge in [-0.2, -0.15) is 0 Å². The number of methoxy groups -OCH3 is 1. The molecule has 30 heavy (non-hydrogen) atoms. The fraction of sp³-hybridized carbons (Fsp3) is 0.0455. The number of carbonyl (C=O) groups is 1. The first-order valence-electron chi connectivity index (χ1n) is 8.95. The Morgan fingerprint density at radius 2 is 1.93 bits per heavy atom. The molecule has 0 spiro atoms. The zero-order valence-electron chi connectivity index (χ0n) is 15.8.